The van der Waals surface area contributed by atoms with Gasteiger partial charge in [-0.25, -0.2) is 4.79 Å². The van der Waals surface area contributed by atoms with Crippen molar-refractivity contribution in [1.82, 2.24) is 5.32 Å². The van der Waals surface area contributed by atoms with E-state index in [0.717, 1.165) is 0 Å². The molecule has 0 saturated heterocycles. The van der Waals surface area contributed by atoms with Crippen LogP contribution >= 0.6 is 0 Å². The Morgan fingerprint density at radius 1 is 1.31 bits per heavy atom. The molecule has 0 aliphatic heterocycles. The van der Waals surface area contributed by atoms with Gasteiger partial charge in [0.05, 0.1) is 5.60 Å². The first-order valence-corrected chi connectivity index (χ1v) is 4.92. The average Bonchev–Trinajstić information content (AvgIpc) is 2.22. The van der Waals surface area contributed by atoms with Crippen LogP contribution in [0.4, 0.5) is 18.0 Å². The van der Waals surface area contributed by atoms with E-state index in [1.54, 1.807) is 13.8 Å². The number of alkyl carbamates (subject to hydrolysis) is 1. The minimum Gasteiger partial charge on any atom is -0.440 e. The monoisotopic (exact) mass is 243 g/mol. The molecule has 0 aliphatic rings. The molecule has 1 amide bonds. The number of aliphatic hydroxyl groups is 1. The van der Waals surface area contributed by atoms with Gasteiger partial charge >= 0.3 is 12.3 Å². The second kappa shape index (κ2) is 5.93. The predicted molar refractivity (Wildman–Crippen MR) is 50.9 cm³/mol. The number of carbonyl (C=O) groups is 1. The molecule has 0 fully saturated rings. The van der Waals surface area contributed by atoms with E-state index in [1.165, 1.54) is 0 Å². The highest BCUT2D eigenvalue weighted by Crippen LogP contribution is 2.15. The van der Waals surface area contributed by atoms with Crippen molar-refractivity contribution >= 4 is 6.09 Å². The van der Waals surface area contributed by atoms with Crippen LogP contribution < -0.4 is 5.32 Å². The molecule has 0 rings (SSSR count). The van der Waals surface area contributed by atoms with Gasteiger partial charge in [0.15, 0.2) is 6.61 Å². The zero-order valence-corrected chi connectivity index (χ0v) is 9.23. The lowest BCUT2D eigenvalue weighted by Crippen LogP contribution is -2.42. The number of alkyl halides is 3. The van der Waals surface area contributed by atoms with Crippen LogP contribution in [0.25, 0.3) is 0 Å². The topological polar surface area (TPSA) is 58.6 Å². The van der Waals surface area contributed by atoms with Crippen molar-refractivity contribution in [2.24, 2.45) is 0 Å². The van der Waals surface area contributed by atoms with Gasteiger partial charge in [0.25, 0.3) is 0 Å². The fourth-order valence-corrected chi connectivity index (χ4v) is 0.935. The first kappa shape index (κ1) is 15.0. The van der Waals surface area contributed by atoms with Crippen molar-refractivity contribution in [2.75, 3.05) is 13.2 Å². The molecule has 0 aromatic rings. The van der Waals surface area contributed by atoms with Crippen LogP contribution in [0.5, 0.6) is 0 Å². The number of rotatable bonds is 5. The molecule has 7 heteroatoms. The van der Waals surface area contributed by atoms with Crippen molar-refractivity contribution in [3.8, 4) is 0 Å². The molecule has 0 unspecified atom stereocenters. The number of halogens is 3. The number of ether oxygens (including phenoxy) is 1. The largest absolute Gasteiger partial charge is 0.440 e. The predicted octanol–water partition coefficient (Wildman–Crippen LogP) is 1.83. The summed E-state index contributed by atoms with van der Waals surface area (Å²) in [6.07, 6.45) is -4.94. The second-order valence-electron chi connectivity index (χ2n) is 3.48. The molecule has 0 bridgehead atoms. The lowest BCUT2D eigenvalue weighted by molar-refractivity contribution is -0.160. The summed E-state index contributed by atoms with van der Waals surface area (Å²) in [5.74, 6) is 0. The lowest BCUT2D eigenvalue weighted by atomic mass is 9.98. The van der Waals surface area contributed by atoms with Crippen molar-refractivity contribution in [3.05, 3.63) is 0 Å². The number of amides is 1. The molecular formula is C9H16F3NO3. The highest BCUT2D eigenvalue weighted by atomic mass is 19.4. The molecule has 16 heavy (non-hydrogen) atoms. The zero-order valence-electron chi connectivity index (χ0n) is 9.23. The van der Waals surface area contributed by atoms with Gasteiger partial charge in [-0.2, -0.15) is 13.2 Å². The second-order valence-corrected chi connectivity index (χ2v) is 3.48. The summed E-state index contributed by atoms with van der Waals surface area (Å²) in [6, 6.07) is 0. The number of nitrogens with one attached hydrogen (secondary N) is 1. The van der Waals surface area contributed by atoms with Crippen molar-refractivity contribution in [1.29, 1.82) is 0 Å². The Labute approximate surface area is 91.8 Å². The van der Waals surface area contributed by atoms with Gasteiger partial charge in [0, 0.05) is 6.54 Å². The number of hydrogen-bond donors (Lipinski definition) is 2. The van der Waals surface area contributed by atoms with E-state index in [2.05, 4.69) is 10.1 Å². The third-order valence-electron chi connectivity index (χ3n) is 2.24. The highest BCUT2D eigenvalue weighted by Gasteiger charge is 2.30. The van der Waals surface area contributed by atoms with E-state index in [-0.39, 0.29) is 6.54 Å². The normalized spacial score (nSPS) is 12.4. The maximum atomic E-state index is 11.7. The molecule has 0 spiro atoms. The summed E-state index contributed by atoms with van der Waals surface area (Å²) >= 11 is 0. The summed E-state index contributed by atoms with van der Waals surface area (Å²) in [5.41, 5.74) is -1.10. The standard InChI is InChI=1S/C9H16F3NO3/c1-3-8(15,4-2)5-13-7(14)16-6-9(10,11)12/h15H,3-6H2,1-2H3,(H,13,14). The molecule has 0 aromatic carbocycles. The van der Waals surface area contributed by atoms with Crippen LogP contribution in [-0.2, 0) is 4.74 Å². The fourth-order valence-electron chi connectivity index (χ4n) is 0.935. The van der Waals surface area contributed by atoms with Gasteiger partial charge in [-0.1, -0.05) is 13.8 Å². The Balaban J connectivity index is 3.90. The van der Waals surface area contributed by atoms with Crippen LogP contribution in [-0.4, -0.2) is 36.1 Å². The Hall–Kier alpha value is -0.980. The minimum atomic E-state index is -4.54. The summed E-state index contributed by atoms with van der Waals surface area (Å²) in [6.45, 7) is 1.67. The Kier molecular flexibility index (Phi) is 5.57. The van der Waals surface area contributed by atoms with Gasteiger partial charge in [0.2, 0.25) is 0 Å². The molecule has 0 radical (unpaired) electrons. The van der Waals surface area contributed by atoms with Gasteiger partial charge in [-0.3, -0.25) is 0 Å². The molecule has 0 heterocycles. The van der Waals surface area contributed by atoms with Gasteiger partial charge < -0.3 is 15.2 Å². The molecule has 0 atom stereocenters. The van der Waals surface area contributed by atoms with E-state index >= 15 is 0 Å². The Bertz CT molecular complexity index is 227. The molecule has 96 valence electrons. The Morgan fingerprint density at radius 3 is 2.19 bits per heavy atom. The van der Waals surface area contributed by atoms with E-state index in [4.69, 9.17) is 0 Å². The number of hydrogen-bond acceptors (Lipinski definition) is 3. The fraction of sp³-hybridized carbons (Fsp3) is 0.889. The number of carbonyl (C=O) groups excluding carboxylic acids is 1. The van der Waals surface area contributed by atoms with E-state index in [1.807, 2.05) is 0 Å². The third-order valence-corrected chi connectivity index (χ3v) is 2.24. The SMILES string of the molecule is CCC(O)(CC)CNC(=O)OCC(F)(F)F. The minimum absolute atomic E-state index is 0.128. The van der Waals surface area contributed by atoms with Gasteiger partial charge in [-0.15, -0.1) is 0 Å². The summed E-state index contributed by atoms with van der Waals surface area (Å²) < 4.78 is 38.9. The average molecular weight is 243 g/mol. The third kappa shape index (κ3) is 6.49. The quantitative estimate of drug-likeness (QED) is 0.774. The Morgan fingerprint density at radius 2 is 1.81 bits per heavy atom. The first-order chi connectivity index (χ1) is 7.22. The van der Waals surface area contributed by atoms with Gasteiger partial charge in [-0.05, 0) is 12.8 Å². The maximum Gasteiger partial charge on any atom is 0.422 e. The van der Waals surface area contributed by atoms with E-state index in [9.17, 15) is 23.1 Å². The van der Waals surface area contributed by atoms with E-state index in [0.29, 0.717) is 12.8 Å². The zero-order chi connectivity index (χ0) is 12.8. The van der Waals surface area contributed by atoms with E-state index < -0.39 is 24.5 Å². The maximum absolute atomic E-state index is 11.7. The molecule has 0 aliphatic carbocycles. The molecule has 0 saturated carbocycles. The van der Waals surface area contributed by atoms with Crippen LogP contribution in [0.1, 0.15) is 26.7 Å². The lowest BCUT2D eigenvalue weighted by Gasteiger charge is -2.25. The molecular weight excluding hydrogens is 227 g/mol. The molecule has 4 nitrogen and oxygen atoms in total. The summed E-state index contributed by atoms with van der Waals surface area (Å²) in [4.78, 5) is 10.8. The van der Waals surface area contributed by atoms with Crippen LogP contribution in [0, 0.1) is 0 Å². The van der Waals surface area contributed by atoms with Crippen LogP contribution in [0.2, 0.25) is 0 Å². The first-order valence-electron chi connectivity index (χ1n) is 4.92. The molecule has 0 aromatic heterocycles. The van der Waals surface area contributed by atoms with Crippen molar-refractivity contribution < 1.29 is 27.8 Å². The highest BCUT2D eigenvalue weighted by molar-refractivity contribution is 5.67. The summed E-state index contributed by atoms with van der Waals surface area (Å²) in [5, 5.41) is 11.8. The molecule has 2 N–H and O–H groups in total. The van der Waals surface area contributed by atoms with Crippen LogP contribution in [0.15, 0.2) is 0 Å². The van der Waals surface area contributed by atoms with Gasteiger partial charge in [0.1, 0.15) is 0 Å². The van der Waals surface area contributed by atoms with Crippen LogP contribution in [0.3, 0.4) is 0 Å². The van der Waals surface area contributed by atoms with Crippen molar-refractivity contribution in [3.63, 3.8) is 0 Å². The van der Waals surface area contributed by atoms with Crippen molar-refractivity contribution in [2.45, 2.75) is 38.5 Å². The summed E-state index contributed by atoms with van der Waals surface area (Å²) in [7, 11) is 0. The smallest absolute Gasteiger partial charge is 0.422 e.